The zero-order valence-corrected chi connectivity index (χ0v) is 9.57. The molecule has 0 aromatic carbocycles. The molecule has 0 amide bonds. The van der Waals surface area contributed by atoms with E-state index < -0.39 is 17.9 Å². The summed E-state index contributed by atoms with van der Waals surface area (Å²) in [6.45, 7) is 2.92. The molecule has 0 aliphatic heterocycles. The quantitative estimate of drug-likeness (QED) is 0.449. The van der Waals surface area contributed by atoms with Gasteiger partial charge in [-0.25, -0.2) is 0 Å². The molecule has 6 nitrogen and oxygen atoms in total. The summed E-state index contributed by atoms with van der Waals surface area (Å²) in [7, 11) is 0. The van der Waals surface area contributed by atoms with Crippen LogP contribution >= 0.6 is 0 Å². The molecule has 0 aliphatic rings. The number of hydrogen-bond donors (Lipinski definition) is 0. The number of carbonyl (C=O) groups is 3. The molecule has 0 heterocycles. The van der Waals surface area contributed by atoms with E-state index >= 15 is 0 Å². The Morgan fingerprint density at radius 2 is 0.692 bits per heavy atom. The fourth-order valence-electron chi connectivity index (χ4n) is 0. The van der Waals surface area contributed by atoms with Crippen LogP contribution in [0.15, 0.2) is 0 Å². The Hall–Kier alpha value is -0.265. The minimum absolute atomic E-state index is 0. The smallest absolute Gasteiger partial charge is 0.550 e. The summed E-state index contributed by atoms with van der Waals surface area (Å²) in [6, 6.07) is 0. The summed E-state index contributed by atoms with van der Waals surface area (Å²) < 4.78 is 0. The van der Waals surface area contributed by atoms with Crippen molar-refractivity contribution >= 4 is 17.9 Å². The van der Waals surface area contributed by atoms with Gasteiger partial charge in [-0.3, -0.25) is 0 Å². The van der Waals surface area contributed by atoms with Crippen molar-refractivity contribution in [3.8, 4) is 0 Å². The summed E-state index contributed by atoms with van der Waals surface area (Å²) in [5, 5.41) is 26.7. The first-order valence-corrected chi connectivity index (χ1v) is 2.72. The molecule has 77 valence electrons. The van der Waals surface area contributed by atoms with Gasteiger partial charge in [0, 0.05) is 17.9 Å². The largest absolute Gasteiger partial charge is 3.00 e. The average molecular weight is 334 g/mol. The molecule has 0 spiro atoms. The zero-order valence-electron chi connectivity index (χ0n) is 7.30. The second kappa shape index (κ2) is 17.7. The van der Waals surface area contributed by atoms with E-state index in [0.717, 1.165) is 20.8 Å². The summed E-state index contributed by atoms with van der Waals surface area (Å²) in [4.78, 5) is 26.7. The van der Waals surface area contributed by atoms with Crippen LogP contribution in [0.5, 0.6) is 0 Å². The Bertz CT molecular complexity index is 115. The molecule has 0 saturated carbocycles. The zero-order chi connectivity index (χ0) is 10.7. The van der Waals surface area contributed by atoms with Gasteiger partial charge in [0.1, 0.15) is 0 Å². The molecular weight excluding hydrogens is 325 g/mol. The topological polar surface area (TPSA) is 120 Å². The fraction of sp³-hybridized carbons (Fsp3) is 0.500. The number of aliphatic carboxylic acids is 3. The van der Waals surface area contributed by atoms with Gasteiger partial charge >= 0.3 is 39.9 Å². The normalized spacial score (nSPS) is 5.77. The maximum Gasteiger partial charge on any atom is 3.00 e. The maximum absolute atomic E-state index is 8.89. The fourth-order valence-corrected chi connectivity index (χ4v) is 0. The second-order valence-electron chi connectivity index (χ2n) is 1.47. The van der Waals surface area contributed by atoms with Crippen molar-refractivity contribution in [1.29, 1.82) is 0 Å². The van der Waals surface area contributed by atoms with Crippen molar-refractivity contribution < 1.29 is 69.6 Å². The average Bonchev–Trinajstić information content (AvgIpc) is 1.54. The van der Waals surface area contributed by atoms with E-state index in [4.69, 9.17) is 29.7 Å². The molecule has 0 N–H and O–H groups in total. The van der Waals surface area contributed by atoms with Crippen LogP contribution in [0.3, 0.4) is 0 Å². The molecule has 13 heavy (non-hydrogen) atoms. The molecule has 0 bridgehead atoms. The minimum Gasteiger partial charge on any atom is -0.550 e. The Kier molecular flexibility index (Phi) is 31.3. The van der Waals surface area contributed by atoms with Crippen LogP contribution in [0, 0.1) is 39.9 Å². The van der Waals surface area contributed by atoms with Gasteiger partial charge in [-0.2, -0.15) is 0 Å². The molecule has 0 saturated heterocycles. The van der Waals surface area contributed by atoms with Crippen molar-refractivity contribution in [3.63, 3.8) is 0 Å². The van der Waals surface area contributed by atoms with E-state index in [0.29, 0.717) is 0 Å². The van der Waals surface area contributed by atoms with Gasteiger partial charge < -0.3 is 29.7 Å². The Morgan fingerprint density at radius 1 is 0.692 bits per heavy atom. The van der Waals surface area contributed by atoms with E-state index in [2.05, 4.69) is 0 Å². The van der Waals surface area contributed by atoms with Crippen LogP contribution < -0.4 is 15.3 Å². The van der Waals surface area contributed by atoms with Gasteiger partial charge in [0.25, 0.3) is 0 Å². The van der Waals surface area contributed by atoms with E-state index in [1.807, 2.05) is 0 Å². The Balaban J connectivity index is -0.0000000450. The molecular formula is C6H9GdO6. The summed E-state index contributed by atoms with van der Waals surface area (Å²) in [5.41, 5.74) is 0. The predicted molar refractivity (Wildman–Crippen MR) is 32.0 cm³/mol. The monoisotopic (exact) mass is 335 g/mol. The van der Waals surface area contributed by atoms with Gasteiger partial charge in [0.15, 0.2) is 0 Å². The van der Waals surface area contributed by atoms with Gasteiger partial charge in [-0.15, -0.1) is 0 Å². The van der Waals surface area contributed by atoms with E-state index in [1.165, 1.54) is 0 Å². The molecule has 0 aromatic rings. The van der Waals surface area contributed by atoms with Crippen molar-refractivity contribution in [3.05, 3.63) is 0 Å². The van der Waals surface area contributed by atoms with E-state index in [9.17, 15) is 0 Å². The first-order chi connectivity index (χ1) is 5.20. The van der Waals surface area contributed by atoms with Gasteiger partial charge in [0.05, 0.1) is 0 Å². The molecule has 0 fully saturated rings. The number of carbonyl (C=O) groups excluding carboxylic acids is 3. The van der Waals surface area contributed by atoms with Gasteiger partial charge in [-0.05, 0) is 20.8 Å². The minimum atomic E-state index is -1.08. The third-order valence-corrected chi connectivity index (χ3v) is 0. The van der Waals surface area contributed by atoms with Crippen molar-refractivity contribution in [2.24, 2.45) is 0 Å². The first-order valence-electron chi connectivity index (χ1n) is 2.72. The molecule has 0 unspecified atom stereocenters. The number of rotatable bonds is 0. The van der Waals surface area contributed by atoms with Crippen LogP contribution in [-0.2, 0) is 14.4 Å². The van der Waals surface area contributed by atoms with Crippen LogP contribution in [-0.4, -0.2) is 17.9 Å². The van der Waals surface area contributed by atoms with Crippen LogP contribution in [0.1, 0.15) is 20.8 Å². The number of carboxylic acids is 3. The summed E-state index contributed by atoms with van der Waals surface area (Å²) >= 11 is 0. The van der Waals surface area contributed by atoms with E-state index in [1.54, 1.807) is 0 Å². The summed E-state index contributed by atoms with van der Waals surface area (Å²) in [6.07, 6.45) is 0. The van der Waals surface area contributed by atoms with Gasteiger partial charge in [-0.1, -0.05) is 0 Å². The molecule has 1 radical (unpaired) electrons. The molecule has 7 heteroatoms. The molecule has 0 atom stereocenters. The molecule has 0 aromatic heterocycles. The third kappa shape index (κ3) is 15800. The van der Waals surface area contributed by atoms with E-state index in [-0.39, 0.29) is 39.9 Å². The predicted octanol–water partition coefficient (Wildman–Crippen LogP) is -3.73. The maximum atomic E-state index is 8.89. The van der Waals surface area contributed by atoms with Gasteiger partial charge in [0.2, 0.25) is 0 Å². The van der Waals surface area contributed by atoms with Crippen LogP contribution in [0.25, 0.3) is 0 Å². The summed E-state index contributed by atoms with van der Waals surface area (Å²) in [5.74, 6) is -3.25. The SMILES string of the molecule is CC(=O)[O-].CC(=O)[O-].CC(=O)[O-].[Gd+3]. The molecule has 0 aliphatic carbocycles. The van der Waals surface area contributed by atoms with Crippen LogP contribution in [0.2, 0.25) is 0 Å². The Morgan fingerprint density at radius 3 is 0.692 bits per heavy atom. The van der Waals surface area contributed by atoms with Crippen molar-refractivity contribution in [2.45, 2.75) is 20.8 Å². The number of hydrogen-bond acceptors (Lipinski definition) is 6. The number of carboxylic acid groups (broad SMARTS) is 3. The molecule has 0 rings (SSSR count). The Labute approximate surface area is 108 Å². The standard InChI is InChI=1S/3C2H4O2.Gd/c3*1-2(3)4;/h3*1H3,(H,3,4);/q;;;+3/p-3. The van der Waals surface area contributed by atoms with Crippen LogP contribution in [0.4, 0.5) is 0 Å². The third-order valence-electron chi connectivity index (χ3n) is 0. The van der Waals surface area contributed by atoms with Crippen molar-refractivity contribution in [1.82, 2.24) is 0 Å². The first kappa shape index (κ1) is 23.0. The van der Waals surface area contributed by atoms with Crippen molar-refractivity contribution in [2.75, 3.05) is 0 Å². The second-order valence-corrected chi connectivity index (χ2v) is 1.47.